The third kappa shape index (κ3) is 3.43. The van der Waals surface area contributed by atoms with Crippen molar-refractivity contribution in [3.8, 4) is 22.9 Å². The Bertz CT molecular complexity index is 917. The summed E-state index contributed by atoms with van der Waals surface area (Å²) in [6.45, 7) is 0. The van der Waals surface area contributed by atoms with Crippen molar-refractivity contribution in [3.63, 3.8) is 0 Å². The standard InChI is InChI=1S/C15H8ClF3N2O3/c16-12-4-2-1-3-11(12)13-20-21(14(22)23-13)9-5-7-10(8-6-9)24-15(17,18)19/h1-8H. The van der Waals surface area contributed by atoms with Gasteiger partial charge in [-0.05, 0) is 36.4 Å². The van der Waals surface area contributed by atoms with Crippen LogP contribution in [0.4, 0.5) is 13.2 Å². The van der Waals surface area contributed by atoms with Crippen LogP contribution in [0.25, 0.3) is 17.1 Å². The highest BCUT2D eigenvalue weighted by atomic mass is 35.5. The van der Waals surface area contributed by atoms with Crippen LogP contribution in [0.5, 0.6) is 5.75 Å². The van der Waals surface area contributed by atoms with Gasteiger partial charge in [-0.15, -0.1) is 18.3 Å². The van der Waals surface area contributed by atoms with Gasteiger partial charge in [-0.2, -0.15) is 4.68 Å². The van der Waals surface area contributed by atoms with Crippen LogP contribution in [0.1, 0.15) is 0 Å². The van der Waals surface area contributed by atoms with Gasteiger partial charge in [0, 0.05) is 0 Å². The molecule has 1 aromatic heterocycles. The maximum absolute atomic E-state index is 12.1. The lowest BCUT2D eigenvalue weighted by Crippen LogP contribution is -2.17. The zero-order valence-corrected chi connectivity index (χ0v) is 12.5. The van der Waals surface area contributed by atoms with Gasteiger partial charge in [0.15, 0.2) is 0 Å². The van der Waals surface area contributed by atoms with E-state index >= 15 is 0 Å². The molecule has 0 fully saturated rings. The van der Waals surface area contributed by atoms with E-state index in [0.29, 0.717) is 10.6 Å². The fraction of sp³-hybridized carbons (Fsp3) is 0.0667. The first-order valence-corrected chi connectivity index (χ1v) is 6.92. The minimum atomic E-state index is -4.79. The zero-order valence-electron chi connectivity index (χ0n) is 11.7. The van der Waals surface area contributed by atoms with E-state index in [-0.39, 0.29) is 11.6 Å². The molecule has 0 N–H and O–H groups in total. The number of rotatable bonds is 3. The molecule has 0 unspecified atom stereocenters. The lowest BCUT2D eigenvalue weighted by atomic mass is 10.2. The van der Waals surface area contributed by atoms with Gasteiger partial charge in [0.1, 0.15) is 5.75 Å². The van der Waals surface area contributed by atoms with Crippen molar-refractivity contribution >= 4 is 11.6 Å². The molecular formula is C15H8ClF3N2O3. The van der Waals surface area contributed by atoms with E-state index < -0.39 is 17.9 Å². The molecule has 0 aliphatic heterocycles. The third-order valence-electron chi connectivity index (χ3n) is 2.97. The molecule has 0 spiro atoms. The molecule has 5 nitrogen and oxygen atoms in total. The molecule has 3 rings (SSSR count). The number of aromatic nitrogens is 2. The zero-order chi connectivity index (χ0) is 17.3. The Morgan fingerprint density at radius 3 is 2.38 bits per heavy atom. The molecule has 0 atom stereocenters. The van der Waals surface area contributed by atoms with Crippen LogP contribution in [0.2, 0.25) is 5.02 Å². The summed E-state index contributed by atoms with van der Waals surface area (Å²) in [5, 5.41) is 4.35. The van der Waals surface area contributed by atoms with Crippen molar-refractivity contribution in [2.24, 2.45) is 0 Å². The first-order chi connectivity index (χ1) is 11.3. The molecule has 0 aliphatic carbocycles. The summed E-state index contributed by atoms with van der Waals surface area (Å²) in [5.74, 6) is -1.20. The van der Waals surface area contributed by atoms with Crippen LogP contribution >= 0.6 is 11.6 Å². The van der Waals surface area contributed by atoms with Gasteiger partial charge in [-0.3, -0.25) is 0 Å². The highest BCUT2D eigenvalue weighted by molar-refractivity contribution is 6.33. The first kappa shape index (κ1) is 16.1. The topological polar surface area (TPSA) is 57.3 Å². The lowest BCUT2D eigenvalue weighted by molar-refractivity contribution is -0.274. The van der Waals surface area contributed by atoms with Crippen LogP contribution in [-0.4, -0.2) is 16.1 Å². The normalized spacial score (nSPS) is 11.5. The number of benzene rings is 2. The third-order valence-corrected chi connectivity index (χ3v) is 3.30. The molecule has 1 heterocycles. The molecule has 3 aromatic rings. The van der Waals surface area contributed by atoms with E-state index in [1.807, 2.05) is 0 Å². The van der Waals surface area contributed by atoms with Crippen molar-refractivity contribution in [3.05, 3.63) is 64.1 Å². The summed E-state index contributed by atoms with van der Waals surface area (Å²) >= 11 is 6.01. The fourth-order valence-corrected chi connectivity index (χ4v) is 2.19. The van der Waals surface area contributed by atoms with E-state index in [4.69, 9.17) is 16.0 Å². The molecule has 24 heavy (non-hydrogen) atoms. The van der Waals surface area contributed by atoms with E-state index in [2.05, 4.69) is 9.84 Å². The Kier molecular flexibility index (Phi) is 4.06. The second-order valence-corrected chi connectivity index (χ2v) is 5.01. The average molecular weight is 357 g/mol. The molecule has 9 heteroatoms. The molecule has 2 aromatic carbocycles. The monoisotopic (exact) mass is 356 g/mol. The smallest absolute Gasteiger partial charge is 0.406 e. The number of ether oxygens (including phenoxy) is 1. The van der Waals surface area contributed by atoms with Crippen molar-refractivity contribution in [1.82, 2.24) is 9.78 Å². The Morgan fingerprint density at radius 1 is 1.08 bits per heavy atom. The van der Waals surface area contributed by atoms with Crippen LogP contribution in [-0.2, 0) is 0 Å². The van der Waals surface area contributed by atoms with Crippen molar-refractivity contribution in [2.45, 2.75) is 6.36 Å². The van der Waals surface area contributed by atoms with E-state index in [1.165, 1.54) is 12.1 Å². The van der Waals surface area contributed by atoms with Crippen molar-refractivity contribution in [2.75, 3.05) is 0 Å². The van der Waals surface area contributed by atoms with Crippen molar-refractivity contribution < 1.29 is 22.3 Å². The van der Waals surface area contributed by atoms with Crippen LogP contribution in [0.15, 0.2) is 57.7 Å². The quantitative estimate of drug-likeness (QED) is 0.710. The predicted molar refractivity (Wildman–Crippen MR) is 79.2 cm³/mol. The number of halogens is 4. The molecule has 0 radical (unpaired) electrons. The minimum Gasteiger partial charge on any atom is -0.406 e. The van der Waals surface area contributed by atoms with Gasteiger partial charge < -0.3 is 9.15 Å². The summed E-state index contributed by atoms with van der Waals surface area (Å²) in [6, 6.07) is 11.3. The van der Waals surface area contributed by atoms with Gasteiger partial charge in [0.25, 0.3) is 5.89 Å². The molecular weight excluding hydrogens is 349 g/mol. The summed E-state index contributed by atoms with van der Waals surface area (Å²) in [4.78, 5) is 11.9. The number of alkyl halides is 3. The molecule has 0 amide bonds. The highest BCUT2D eigenvalue weighted by Gasteiger charge is 2.31. The maximum Gasteiger partial charge on any atom is 0.573 e. The second kappa shape index (κ2) is 6.04. The summed E-state index contributed by atoms with van der Waals surface area (Å²) in [5.41, 5.74) is 0.642. The van der Waals surface area contributed by atoms with E-state index in [1.54, 1.807) is 24.3 Å². The molecule has 0 saturated carbocycles. The summed E-state index contributed by atoms with van der Waals surface area (Å²) in [7, 11) is 0. The SMILES string of the molecule is O=c1oc(-c2ccccc2Cl)nn1-c1ccc(OC(F)(F)F)cc1. The Labute approximate surface area is 137 Å². The second-order valence-electron chi connectivity index (χ2n) is 4.61. The van der Waals surface area contributed by atoms with Gasteiger partial charge in [-0.25, -0.2) is 4.79 Å². The molecule has 124 valence electrons. The van der Waals surface area contributed by atoms with E-state index in [0.717, 1.165) is 16.8 Å². The Hall–Kier alpha value is -2.74. The van der Waals surface area contributed by atoms with Crippen LogP contribution in [0, 0.1) is 0 Å². The molecule has 0 aliphatic rings. The highest BCUT2D eigenvalue weighted by Crippen LogP contribution is 2.26. The van der Waals surface area contributed by atoms with Gasteiger partial charge in [-0.1, -0.05) is 23.7 Å². The van der Waals surface area contributed by atoms with Gasteiger partial charge in [0.05, 0.1) is 16.3 Å². The minimum absolute atomic E-state index is 0.00113. The van der Waals surface area contributed by atoms with Crippen LogP contribution < -0.4 is 10.5 Å². The van der Waals surface area contributed by atoms with Crippen LogP contribution in [0.3, 0.4) is 0 Å². The molecule has 0 saturated heterocycles. The summed E-state index contributed by atoms with van der Waals surface area (Å²) in [6.07, 6.45) is -4.79. The van der Waals surface area contributed by atoms with Crippen molar-refractivity contribution in [1.29, 1.82) is 0 Å². The first-order valence-electron chi connectivity index (χ1n) is 6.55. The Balaban J connectivity index is 1.94. The predicted octanol–water partition coefficient (Wildman–Crippen LogP) is 4.04. The Morgan fingerprint density at radius 2 is 1.75 bits per heavy atom. The largest absolute Gasteiger partial charge is 0.573 e. The fourth-order valence-electron chi connectivity index (χ4n) is 1.97. The summed E-state index contributed by atoms with van der Waals surface area (Å²) < 4.78 is 46.1. The number of hydrogen-bond donors (Lipinski definition) is 0. The van der Waals surface area contributed by atoms with Gasteiger partial charge in [0.2, 0.25) is 0 Å². The molecule has 0 bridgehead atoms. The van der Waals surface area contributed by atoms with E-state index in [9.17, 15) is 18.0 Å². The number of hydrogen-bond acceptors (Lipinski definition) is 4. The average Bonchev–Trinajstić information content (AvgIpc) is 2.89. The lowest BCUT2D eigenvalue weighted by Gasteiger charge is -2.08. The maximum atomic E-state index is 12.1. The number of nitrogens with zero attached hydrogens (tertiary/aromatic N) is 2. The van der Waals surface area contributed by atoms with Gasteiger partial charge >= 0.3 is 12.1 Å².